The van der Waals surface area contributed by atoms with Gasteiger partial charge in [0.25, 0.3) is 11.8 Å². The molecule has 2 rings (SSSR count). The van der Waals surface area contributed by atoms with Gasteiger partial charge in [0.15, 0.2) is 0 Å². The van der Waals surface area contributed by atoms with E-state index in [0.717, 1.165) is 11.1 Å². The average molecular weight is 444 g/mol. The SMILES string of the molecule is CON=C(C(=O)NN(C)C(=S)c1ccccc1)C(=O)NN(C)C(=S)c1ccccc1. The highest BCUT2D eigenvalue weighted by atomic mass is 32.1. The van der Waals surface area contributed by atoms with Crippen LogP contribution >= 0.6 is 24.4 Å². The molecule has 0 heterocycles. The fourth-order valence-electron chi connectivity index (χ4n) is 2.34. The van der Waals surface area contributed by atoms with Gasteiger partial charge in [-0.1, -0.05) is 90.3 Å². The predicted molar refractivity (Wildman–Crippen MR) is 123 cm³/mol. The van der Waals surface area contributed by atoms with Gasteiger partial charge in [-0.25, -0.2) is 0 Å². The molecule has 0 bridgehead atoms. The zero-order valence-electron chi connectivity index (χ0n) is 16.7. The standard InChI is InChI=1S/C20H21N5O3S2/c1-24(19(29)14-10-6-4-7-11-14)21-17(26)16(23-28-3)18(27)22-25(2)20(30)15-12-8-5-9-13-15/h4-13H,1-3H3,(H,21,26)(H,22,27). The van der Waals surface area contributed by atoms with Crippen LogP contribution < -0.4 is 10.9 Å². The Bertz CT molecular complexity index is 878. The maximum Gasteiger partial charge on any atom is 0.297 e. The fraction of sp³-hybridized carbons (Fsp3) is 0.150. The van der Waals surface area contributed by atoms with E-state index < -0.39 is 17.5 Å². The van der Waals surface area contributed by atoms with Gasteiger partial charge in [0.2, 0.25) is 5.71 Å². The van der Waals surface area contributed by atoms with E-state index in [-0.39, 0.29) is 0 Å². The Hall–Kier alpha value is -3.37. The van der Waals surface area contributed by atoms with Crippen molar-refractivity contribution in [3.05, 3.63) is 71.8 Å². The van der Waals surface area contributed by atoms with Crippen molar-refractivity contribution in [2.45, 2.75) is 0 Å². The Morgan fingerprint density at radius 3 is 1.50 bits per heavy atom. The summed E-state index contributed by atoms with van der Waals surface area (Å²) >= 11 is 10.7. The fourth-order valence-corrected chi connectivity index (χ4v) is 2.70. The molecule has 0 saturated heterocycles. The first-order valence-electron chi connectivity index (χ1n) is 8.74. The number of hydrogen-bond donors (Lipinski definition) is 2. The highest BCUT2D eigenvalue weighted by molar-refractivity contribution is 7.80. The van der Waals surface area contributed by atoms with Gasteiger partial charge in [-0.05, 0) is 0 Å². The van der Waals surface area contributed by atoms with Crippen molar-refractivity contribution in [3.8, 4) is 0 Å². The van der Waals surface area contributed by atoms with Gasteiger partial charge in [-0.2, -0.15) is 0 Å². The van der Waals surface area contributed by atoms with Crippen LogP contribution in [0.3, 0.4) is 0 Å². The van der Waals surface area contributed by atoms with E-state index in [0.29, 0.717) is 9.98 Å². The lowest BCUT2D eigenvalue weighted by atomic mass is 10.2. The van der Waals surface area contributed by atoms with E-state index >= 15 is 0 Å². The van der Waals surface area contributed by atoms with E-state index in [2.05, 4.69) is 20.8 Å². The molecule has 0 spiro atoms. The molecule has 2 N–H and O–H groups in total. The monoisotopic (exact) mass is 443 g/mol. The maximum atomic E-state index is 12.6. The van der Waals surface area contributed by atoms with Crippen molar-refractivity contribution in [1.82, 2.24) is 20.9 Å². The second kappa shape index (κ2) is 11.0. The van der Waals surface area contributed by atoms with Gasteiger partial charge < -0.3 is 4.84 Å². The molecule has 156 valence electrons. The first-order chi connectivity index (χ1) is 14.3. The van der Waals surface area contributed by atoms with E-state index in [1.807, 2.05) is 36.4 Å². The number of thiocarbonyl (C=S) groups is 2. The zero-order chi connectivity index (χ0) is 22.1. The zero-order valence-corrected chi connectivity index (χ0v) is 18.3. The van der Waals surface area contributed by atoms with Gasteiger partial charge in [0, 0.05) is 25.2 Å². The Labute approximate surface area is 185 Å². The minimum absolute atomic E-state index is 0.364. The molecule has 2 aromatic rings. The number of rotatable bonds is 5. The first-order valence-corrected chi connectivity index (χ1v) is 9.56. The van der Waals surface area contributed by atoms with Crippen LogP contribution in [-0.2, 0) is 14.4 Å². The van der Waals surface area contributed by atoms with Gasteiger partial charge in [-0.15, -0.1) is 0 Å². The molecule has 0 aliphatic heterocycles. The molecule has 0 fully saturated rings. The first kappa shape index (κ1) is 22.9. The van der Waals surface area contributed by atoms with Crippen molar-refractivity contribution in [3.63, 3.8) is 0 Å². The van der Waals surface area contributed by atoms with Gasteiger partial charge in [-0.3, -0.25) is 30.5 Å². The second-order valence-electron chi connectivity index (χ2n) is 5.96. The summed E-state index contributed by atoms with van der Waals surface area (Å²) in [6.07, 6.45) is 0. The minimum atomic E-state index is -0.797. The van der Waals surface area contributed by atoms with Gasteiger partial charge in [0.1, 0.15) is 17.1 Å². The van der Waals surface area contributed by atoms with Crippen LogP contribution in [0.1, 0.15) is 11.1 Å². The number of benzene rings is 2. The highest BCUT2D eigenvalue weighted by Crippen LogP contribution is 2.04. The number of hydrazine groups is 2. The van der Waals surface area contributed by atoms with Crippen molar-refractivity contribution < 1.29 is 14.4 Å². The van der Waals surface area contributed by atoms with Crippen LogP contribution in [0.15, 0.2) is 65.8 Å². The Kier molecular flexibility index (Phi) is 8.39. The summed E-state index contributed by atoms with van der Waals surface area (Å²) in [6, 6.07) is 18.2. The van der Waals surface area contributed by atoms with E-state index in [1.165, 1.54) is 17.1 Å². The summed E-state index contributed by atoms with van der Waals surface area (Å²) < 4.78 is 0. The van der Waals surface area contributed by atoms with E-state index in [1.54, 1.807) is 38.4 Å². The third-order valence-electron chi connectivity index (χ3n) is 3.80. The molecule has 0 radical (unpaired) electrons. The predicted octanol–water partition coefficient (Wildman–Crippen LogP) is 1.67. The van der Waals surface area contributed by atoms with Crippen LogP contribution in [0.25, 0.3) is 0 Å². The van der Waals surface area contributed by atoms with Crippen molar-refractivity contribution in [2.24, 2.45) is 5.16 Å². The Morgan fingerprint density at radius 2 is 1.17 bits per heavy atom. The van der Waals surface area contributed by atoms with Gasteiger partial charge >= 0.3 is 0 Å². The summed E-state index contributed by atoms with van der Waals surface area (Å²) in [6.45, 7) is 0. The summed E-state index contributed by atoms with van der Waals surface area (Å²) in [5, 5.41) is 6.19. The molecule has 8 nitrogen and oxygen atoms in total. The third-order valence-corrected chi connectivity index (χ3v) is 4.82. The van der Waals surface area contributed by atoms with Crippen molar-refractivity contribution in [1.29, 1.82) is 0 Å². The molecule has 0 aromatic heterocycles. The summed E-state index contributed by atoms with van der Waals surface area (Å²) in [7, 11) is 4.36. The lowest BCUT2D eigenvalue weighted by molar-refractivity contribution is -0.122. The molecule has 2 amide bonds. The average Bonchev–Trinajstić information content (AvgIpc) is 2.77. The van der Waals surface area contributed by atoms with E-state index in [9.17, 15) is 9.59 Å². The third kappa shape index (κ3) is 6.06. The largest absolute Gasteiger partial charge is 0.398 e. The molecule has 0 aliphatic carbocycles. The number of amides is 2. The molecule has 0 unspecified atom stereocenters. The smallest absolute Gasteiger partial charge is 0.297 e. The van der Waals surface area contributed by atoms with Crippen LogP contribution in [0.4, 0.5) is 0 Å². The summed E-state index contributed by atoms with van der Waals surface area (Å²) in [5.74, 6) is -1.59. The molecule has 30 heavy (non-hydrogen) atoms. The van der Waals surface area contributed by atoms with Crippen LogP contribution in [0, 0.1) is 0 Å². The van der Waals surface area contributed by atoms with Crippen molar-refractivity contribution in [2.75, 3.05) is 21.2 Å². The normalized spacial score (nSPS) is 9.70. The molecule has 0 atom stereocenters. The number of hydrogen-bond acceptors (Lipinski definition) is 6. The molecular formula is C20H21N5O3S2. The summed E-state index contributed by atoms with van der Waals surface area (Å²) in [5.41, 5.74) is 5.99. The van der Waals surface area contributed by atoms with Crippen molar-refractivity contribution >= 4 is 51.9 Å². The molecule has 10 heteroatoms. The topological polar surface area (TPSA) is 86.3 Å². The van der Waals surface area contributed by atoms with Crippen LogP contribution in [-0.4, -0.2) is 58.7 Å². The Balaban J connectivity index is 2.05. The summed E-state index contributed by atoms with van der Waals surface area (Å²) in [4.78, 5) is 30.6. The molecule has 0 aliphatic rings. The van der Waals surface area contributed by atoms with Crippen LogP contribution in [0.2, 0.25) is 0 Å². The molecule has 0 saturated carbocycles. The minimum Gasteiger partial charge on any atom is -0.398 e. The lowest BCUT2D eigenvalue weighted by Crippen LogP contribution is -2.53. The second-order valence-corrected chi connectivity index (χ2v) is 6.74. The molecule has 2 aromatic carbocycles. The number of nitrogens with one attached hydrogen (secondary N) is 2. The maximum absolute atomic E-state index is 12.6. The molecular weight excluding hydrogens is 422 g/mol. The highest BCUT2D eigenvalue weighted by Gasteiger charge is 2.25. The number of nitrogens with zero attached hydrogens (tertiary/aromatic N) is 3. The quantitative estimate of drug-likeness (QED) is 0.315. The van der Waals surface area contributed by atoms with Crippen LogP contribution in [0.5, 0.6) is 0 Å². The number of oxime groups is 1. The number of carbonyl (C=O) groups is 2. The Morgan fingerprint density at radius 1 is 0.800 bits per heavy atom. The lowest BCUT2D eigenvalue weighted by Gasteiger charge is -2.23. The van der Waals surface area contributed by atoms with E-state index in [4.69, 9.17) is 24.4 Å². The van der Waals surface area contributed by atoms with Gasteiger partial charge in [0.05, 0.1) is 0 Å². The number of carbonyl (C=O) groups excluding carboxylic acids is 2.